The smallest absolute Gasteiger partial charge is 0.780 e. The van der Waals surface area contributed by atoms with E-state index in [0.29, 0.717) is 0 Å². The molecular formula is C20H17CuN2S. The molecule has 0 spiro atoms. The van der Waals surface area contributed by atoms with E-state index in [1.165, 1.54) is 0 Å². The van der Waals surface area contributed by atoms with Gasteiger partial charge >= 0.3 is 17.1 Å². The van der Waals surface area contributed by atoms with Crippen molar-refractivity contribution in [2.75, 3.05) is 0 Å². The third-order valence-corrected chi connectivity index (χ3v) is 3.81. The maximum Gasteiger partial charge on any atom is 1.00 e. The molecule has 0 unspecified atom stereocenters. The van der Waals surface area contributed by atoms with Gasteiger partial charge in [0, 0.05) is 22.2 Å². The Morgan fingerprint density at radius 2 is 1.04 bits per heavy atom. The fourth-order valence-electron chi connectivity index (χ4n) is 2.38. The molecule has 24 heavy (non-hydrogen) atoms. The predicted molar refractivity (Wildman–Crippen MR) is 98.6 cm³/mol. The van der Waals surface area contributed by atoms with E-state index in [-0.39, 0.29) is 17.1 Å². The Morgan fingerprint density at radius 3 is 1.42 bits per heavy atom. The largest absolute Gasteiger partial charge is 1.00 e. The molecule has 2 aromatic carbocycles. The van der Waals surface area contributed by atoms with Crippen LogP contribution in [0.4, 0.5) is 0 Å². The minimum Gasteiger partial charge on any atom is -0.780 e. The number of fused-ring (bicyclic) bond motifs is 3. The van der Waals surface area contributed by atoms with Crippen LogP contribution in [-0.4, -0.2) is 9.97 Å². The summed E-state index contributed by atoms with van der Waals surface area (Å²) in [6, 6.07) is 22.1. The Balaban J connectivity index is 0.000000222. The second kappa shape index (κ2) is 8.20. The van der Waals surface area contributed by atoms with Crippen molar-refractivity contribution in [3.05, 3.63) is 78.1 Å². The standard InChI is InChI=1S/C14H12N2.C6H6S.Cu/c1-9-3-5-11-7-8-12-6-4-10(2)16-14(12)13(11)15-9;7-6-4-2-1-3-5-6;/h3-8H,1-2H3;1-5,7H;/q;;+1/p-1. The summed E-state index contributed by atoms with van der Waals surface area (Å²) in [6.07, 6.45) is 0. The molecule has 0 radical (unpaired) electrons. The SMILES string of the molecule is Cc1ccc2ccc3ccc(C)nc3c2n1.[Cu+].[S-]c1ccccc1. The summed E-state index contributed by atoms with van der Waals surface area (Å²) in [5, 5.41) is 2.30. The van der Waals surface area contributed by atoms with Crippen molar-refractivity contribution >= 4 is 34.4 Å². The van der Waals surface area contributed by atoms with E-state index in [0.717, 1.165) is 38.1 Å². The summed E-state index contributed by atoms with van der Waals surface area (Å²) in [7, 11) is 0. The Labute approximate surface area is 158 Å². The topological polar surface area (TPSA) is 25.8 Å². The van der Waals surface area contributed by atoms with Gasteiger partial charge in [0.15, 0.2) is 0 Å². The van der Waals surface area contributed by atoms with Crippen LogP contribution in [0.5, 0.6) is 0 Å². The van der Waals surface area contributed by atoms with Gasteiger partial charge in [-0.3, -0.25) is 9.97 Å². The monoisotopic (exact) mass is 380 g/mol. The van der Waals surface area contributed by atoms with Gasteiger partial charge in [0.2, 0.25) is 0 Å². The van der Waals surface area contributed by atoms with Crippen molar-refractivity contribution in [1.82, 2.24) is 9.97 Å². The summed E-state index contributed by atoms with van der Waals surface area (Å²) < 4.78 is 0. The summed E-state index contributed by atoms with van der Waals surface area (Å²) in [6.45, 7) is 4.02. The molecule has 2 aromatic heterocycles. The van der Waals surface area contributed by atoms with E-state index < -0.39 is 0 Å². The summed E-state index contributed by atoms with van der Waals surface area (Å²) in [5.41, 5.74) is 4.06. The molecule has 0 N–H and O–H groups in total. The Kier molecular flexibility index (Phi) is 6.27. The van der Waals surface area contributed by atoms with Crippen LogP contribution in [0.25, 0.3) is 21.8 Å². The first-order chi connectivity index (χ1) is 11.1. The van der Waals surface area contributed by atoms with Crippen LogP contribution in [0.15, 0.2) is 71.6 Å². The maximum absolute atomic E-state index is 4.81. The minimum atomic E-state index is 0. The second-order valence-electron chi connectivity index (χ2n) is 5.43. The van der Waals surface area contributed by atoms with Crippen LogP contribution in [0.2, 0.25) is 0 Å². The first-order valence-corrected chi connectivity index (χ1v) is 7.90. The molecule has 2 heterocycles. The summed E-state index contributed by atoms with van der Waals surface area (Å²) >= 11 is 4.81. The van der Waals surface area contributed by atoms with Crippen LogP contribution in [0.1, 0.15) is 11.4 Å². The first-order valence-electron chi connectivity index (χ1n) is 7.49. The van der Waals surface area contributed by atoms with Crippen LogP contribution in [-0.2, 0) is 29.7 Å². The van der Waals surface area contributed by atoms with Gasteiger partial charge in [-0.25, -0.2) is 0 Å². The van der Waals surface area contributed by atoms with E-state index in [9.17, 15) is 0 Å². The van der Waals surface area contributed by atoms with Gasteiger partial charge in [0.05, 0.1) is 11.0 Å². The fourth-order valence-corrected chi connectivity index (χ4v) is 2.54. The zero-order chi connectivity index (χ0) is 16.2. The number of nitrogens with zero attached hydrogens (tertiary/aromatic N) is 2. The maximum atomic E-state index is 4.81. The Bertz CT molecular complexity index is 895. The van der Waals surface area contributed by atoms with E-state index in [1.807, 2.05) is 56.3 Å². The van der Waals surface area contributed by atoms with Gasteiger partial charge in [-0.1, -0.05) is 54.6 Å². The molecule has 0 saturated carbocycles. The van der Waals surface area contributed by atoms with Gasteiger partial charge in [-0.2, -0.15) is 4.90 Å². The molecule has 0 amide bonds. The fraction of sp³-hybridized carbons (Fsp3) is 0.100. The van der Waals surface area contributed by atoms with Crippen LogP contribution >= 0.6 is 0 Å². The van der Waals surface area contributed by atoms with Gasteiger partial charge in [-0.05, 0) is 26.0 Å². The van der Waals surface area contributed by atoms with Crippen LogP contribution < -0.4 is 0 Å². The Morgan fingerprint density at radius 1 is 0.625 bits per heavy atom. The average Bonchev–Trinajstić information content (AvgIpc) is 2.56. The van der Waals surface area contributed by atoms with E-state index >= 15 is 0 Å². The number of aromatic nitrogens is 2. The molecule has 0 aliphatic rings. The van der Waals surface area contributed by atoms with Crippen molar-refractivity contribution in [2.24, 2.45) is 0 Å². The van der Waals surface area contributed by atoms with E-state index in [1.54, 1.807) is 0 Å². The third kappa shape index (κ3) is 4.29. The van der Waals surface area contributed by atoms with Crippen molar-refractivity contribution in [3.8, 4) is 0 Å². The molecule has 124 valence electrons. The number of benzene rings is 2. The van der Waals surface area contributed by atoms with Gasteiger partial charge in [0.1, 0.15) is 0 Å². The quantitative estimate of drug-likeness (QED) is 0.244. The number of hydrogen-bond donors (Lipinski definition) is 0. The molecular weight excluding hydrogens is 364 g/mol. The molecule has 4 aromatic rings. The molecule has 2 nitrogen and oxygen atoms in total. The van der Waals surface area contributed by atoms with E-state index in [4.69, 9.17) is 12.6 Å². The zero-order valence-electron chi connectivity index (χ0n) is 13.5. The second-order valence-corrected chi connectivity index (χ2v) is 5.90. The summed E-state index contributed by atoms with van der Waals surface area (Å²) in [4.78, 5) is 10.1. The first kappa shape index (κ1) is 18.3. The van der Waals surface area contributed by atoms with Crippen molar-refractivity contribution < 1.29 is 17.1 Å². The molecule has 0 atom stereocenters. The molecule has 0 bridgehead atoms. The Hall–Kier alpha value is -2.00. The minimum absolute atomic E-state index is 0. The number of pyridine rings is 2. The zero-order valence-corrected chi connectivity index (χ0v) is 15.2. The van der Waals surface area contributed by atoms with Crippen molar-refractivity contribution in [3.63, 3.8) is 0 Å². The number of aryl methyl sites for hydroxylation is 2. The van der Waals surface area contributed by atoms with Crippen LogP contribution in [0.3, 0.4) is 0 Å². The van der Waals surface area contributed by atoms with E-state index in [2.05, 4.69) is 34.2 Å². The number of rotatable bonds is 0. The van der Waals surface area contributed by atoms with Crippen LogP contribution in [0, 0.1) is 13.8 Å². The van der Waals surface area contributed by atoms with Gasteiger partial charge < -0.3 is 12.6 Å². The molecule has 0 aliphatic heterocycles. The van der Waals surface area contributed by atoms with Crippen molar-refractivity contribution in [1.29, 1.82) is 0 Å². The molecule has 4 heteroatoms. The molecule has 4 rings (SSSR count). The van der Waals surface area contributed by atoms with Gasteiger partial charge in [-0.15, -0.1) is 0 Å². The average molecular weight is 381 g/mol. The van der Waals surface area contributed by atoms with Crippen molar-refractivity contribution in [2.45, 2.75) is 18.7 Å². The molecule has 0 aliphatic carbocycles. The number of hydrogen-bond acceptors (Lipinski definition) is 3. The predicted octanol–water partition coefficient (Wildman–Crippen LogP) is 4.99. The normalized spacial score (nSPS) is 9.92. The third-order valence-electron chi connectivity index (χ3n) is 3.54. The summed E-state index contributed by atoms with van der Waals surface area (Å²) in [5.74, 6) is 0. The van der Waals surface area contributed by atoms with Gasteiger partial charge in [0.25, 0.3) is 0 Å². The molecule has 0 fully saturated rings. The molecule has 0 saturated heterocycles.